The summed E-state index contributed by atoms with van der Waals surface area (Å²) in [4.78, 5) is 28.9. The quantitative estimate of drug-likeness (QED) is 0.508. The van der Waals surface area contributed by atoms with Gasteiger partial charge in [-0.15, -0.1) is 0 Å². The highest BCUT2D eigenvalue weighted by Gasteiger charge is 2.41. The fourth-order valence-electron chi connectivity index (χ4n) is 4.21. The predicted molar refractivity (Wildman–Crippen MR) is 134 cm³/mol. The second kappa shape index (κ2) is 9.06. The van der Waals surface area contributed by atoms with Gasteiger partial charge in [0.1, 0.15) is 17.2 Å². The summed E-state index contributed by atoms with van der Waals surface area (Å²) in [6.07, 6.45) is 0. The van der Waals surface area contributed by atoms with Crippen molar-refractivity contribution in [1.82, 2.24) is 0 Å². The minimum absolute atomic E-state index is 0.216. The van der Waals surface area contributed by atoms with Crippen LogP contribution >= 0.6 is 0 Å². The maximum absolute atomic E-state index is 13.8. The Labute approximate surface area is 199 Å². The largest absolute Gasteiger partial charge is 0.497 e. The molecule has 34 heavy (non-hydrogen) atoms. The number of benzene rings is 3. The SMILES string of the molecule is COc1cc(NC2=C(c3ccc(C)cc3C)C(=O)N(c3cccc(C)c3C)C2=O)cc(OC)c1. The molecule has 1 aliphatic rings. The fourth-order valence-corrected chi connectivity index (χ4v) is 4.21. The Morgan fingerprint density at radius 1 is 0.765 bits per heavy atom. The number of carbonyl (C=O) groups is 2. The molecule has 0 aromatic heterocycles. The molecule has 3 aromatic rings. The molecule has 0 saturated carbocycles. The van der Waals surface area contributed by atoms with Crippen molar-refractivity contribution in [3.8, 4) is 11.5 Å². The molecule has 2 amide bonds. The molecule has 0 bridgehead atoms. The first-order chi connectivity index (χ1) is 16.2. The van der Waals surface area contributed by atoms with Crippen LogP contribution in [-0.2, 0) is 9.59 Å². The number of hydrogen-bond acceptors (Lipinski definition) is 5. The lowest BCUT2D eigenvalue weighted by Crippen LogP contribution is -2.33. The summed E-state index contributed by atoms with van der Waals surface area (Å²) < 4.78 is 10.7. The number of nitrogens with one attached hydrogen (secondary N) is 1. The Hall–Kier alpha value is -4.06. The highest BCUT2D eigenvalue weighted by Crippen LogP contribution is 2.37. The molecule has 6 heteroatoms. The van der Waals surface area contributed by atoms with Gasteiger partial charge in [-0.05, 0) is 56.0 Å². The van der Waals surface area contributed by atoms with E-state index >= 15 is 0 Å². The smallest absolute Gasteiger partial charge is 0.282 e. The zero-order chi connectivity index (χ0) is 24.6. The second-order valence-electron chi connectivity index (χ2n) is 8.46. The lowest BCUT2D eigenvalue weighted by Gasteiger charge is -2.19. The van der Waals surface area contributed by atoms with Crippen molar-refractivity contribution in [1.29, 1.82) is 0 Å². The molecule has 0 spiro atoms. The van der Waals surface area contributed by atoms with Crippen molar-refractivity contribution in [3.63, 3.8) is 0 Å². The van der Waals surface area contributed by atoms with Crippen LogP contribution in [0.3, 0.4) is 0 Å². The molecule has 3 aromatic carbocycles. The average molecular weight is 457 g/mol. The number of methoxy groups -OCH3 is 2. The van der Waals surface area contributed by atoms with E-state index in [2.05, 4.69) is 5.32 Å². The van der Waals surface area contributed by atoms with E-state index in [0.717, 1.165) is 22.3 Å². The highest BCUT2D eigenvalue weighted by molar-refractivity contribution is 6.46. The van der Waals surface area contributed by atoms with E-state index in [-0.39, 0.29) is 11.6 Å². The molecule has 0 unspecified atom stereocenters. The third kappa shape index (κ3) is 4.03. The molecule has 0 saturated heterocycles. The minimum Gasteiger partial charge on any atom is -0.497 e. The van der Waals surface area contributed by atoms with Crippen LogP contribution in [0.5, 0.6) is 11.5 Å². The van der Waals surface area contributed by atoms with Crippen LogP contribution in [0.4, 0.5) is 11.4 Å². The normalized spacial score (nSPS) is 13.5. The van der Waals surface area contributed by atoms with Gasteiger partial charge in [-0.3, -0.25) is 9.59 Å². The van der Waals surface area contributed by atoms with E-state index in [0.29, 0.717) is 34.0 Å². The van der Waals surface area contributed by atoms with Gasteiger partial charge in [0.25, 0.3) is 11.8 Å². The Balaban J connectivity index is 1.89. The van der Waals surface area contributed by atoms with E-state index in [1.54, 1.807) is 38.5 Å². The number of amides is 2. The summed E-state index contributed by atoms with van der Waals surface area (Å²) in [6, 6.07) is 16.7. The lowest BCUT2D eigenvalue weighted by atomic mass is 9.97. The third-order valence-electron chi connectivity index (χ3n) is 6.17. The Morgan fingerprint density at radius 3 is 2.06 bits per heavy atom. The number of rotatable bonds is 6. The number of anilines is 2. The number of imide groups is 1. The van der Waals surface area contributed by atoms with Gasteiger partial charge in [0, 0.05) is 23.9 Å². The minimum atomic E-state index is -0.407. The Kier molecular flexibility index (Phi) is 6.16. The maximum atomic E-state index is 13.8. The van der Waals surface area contributed by atoms with Crippen LogP contribution in [0.15, 0.2) is 60.3 Å². The number of ether oxygens (including phenoxy) is 2. The first kappa shape index (κ1) is 23.1. The lowest BCUT2D eigenvalue weighted by molar-refractivity contribution is -0.120. The fraction of sp³-hybridized carbons (Fsp3) is 0.214. The van der Waals surface area contributed by atoms with Crippen LogP contribution in [0.2, 0.25) is 0 Å². The van der Waals surface area contributed by atoms with Crippen molar-refractivity contribution >= 4 is 28.8 Å². The molecule has 6 nitrogen and oxygen atoms in total. The molecular formula is C28H28N2O4. The predicted octanol–water partition coefficient (Wildman–Crippen LogP) is 5.33. The Bertz CT molecular complexity index is 1320. The molecule has 0 fully saturated rings. The summed E-state index contributed by atoms with van der Waals surface area (Å²) in [5, 5.41) is 3.20. The average Bonchev–Trinajstić information content (AvgIpc) is 3.05. The van der Waals surface area contributed by atoms with Gasteiger partial charge in [-0.2, -0.15) is 0 Å². The summed E-state index contributed by atoms with van der Waals surface area (Å²) in [5.41, 5.74) is 6.32. The molecule has 0 atom stereocenters. The Morgan fingerprint density at radius 2 is 1.44 bits per heavy atom. The third-order valence-corrected chi connectivity index (χ3v) is 6.17. The van der Waals surface area contributed by atoms with Crippen LogP contribution in [0, 0.1) is 27.7 Å². The van der Waals surface area contributed by atoms with Crippen LogP contribution < -0.4 is 19.7 Å². The van der Waals surface area contributed by atoms with E-state index in [1.807, 2.05) is 58.0 Å². The van der Waals surface area contributed by atoms with Gasteiger partial charge in [0.15, 0.2) is 0 Å². The van der Waals surface area contributed by atoms with Crippen molar-refractivity contribution in [2.75, 3.05) is 24.4 Å². The van der Waals surface area contributed by atoms with Gasteiger partial charge in [0.2, 0.25) is 0 Å². The molecule has 174 valence electrons. The monoisotopic (exact) mass is 456 g/mol. The summed E-state index contributed by atoms with van der Waals surface area (Å²) >= 11 is 0. The van der Waals surface area contributed by atoms with Gasteiger partial charge < -0.3 is 14.8 Å². The standard InChI is InChI=1S/C28H28N2O4/c1-16-10-11-23(18(3)12-16)25-26(29-20-13-21(33-5)15-22(14-20)34-6)28(32)30(27(25)31)24-9-7-8-17(2)19(24)4/h7-15,29H,1-6H3. The molecular weight excluding hydrogens is 428 g/mol. The first-order valence-electron chi connectivity index (χ1n) is 11.0. The molecule has 1 N–H and O–H groups in total. The van der Waals surface area contributed by atoms with E-state index in [1.165, 1.54) is 4.90 Å². The van der Waals surface area contributed by atoms with Gasteiger partial charge in [-0.25, -0.2) is 4.90 Å². The molecule has 1 aliphatic heterocycles. The van der Waals surface area contributed by atoms with Crippen molar-refractivity contribution in [3.05, 3.63) is 88.1 Å². The molecule has 0 radical (unpaired) electrons. The maximum Gasteiger partial charge on any atom is 0.282 e. The van der Waals surface area contributed by atoms with Gasteiger partial charge in [-0.1, -0.05) is 35.9 Å². The van der Waals surface area contributed by atoms with Crippen LogP contribution in [0.25, 0.3) is 5.57 Å². The second-order valence-corrected chi connectivity index (χ2v) is 8.46. The zero-order valence-corrected chi connectivity index (χ0v) is 20.3. The molecule has 1 heterocycles. The number of carbonyl (C=O) groups excluding carboxylic acids is 2. The van der Waals surface area contributed by atoms with E-state index in [9.17, 15) is 9.59 Å². The van der Waals surface area contributed by atoms with Crippen molar-refractivity contribution in [2.45, 2.75) is 27.7 Å². The number of hydrogen-bond donors (Lipinski definition) is 1. The van der Waals surface area contributed by atoms with Crippen LogP contribution in [-0.4, -0.2) is 26.0 Å². The summed E-state index contributed by atoms with van der Waals surface area (Å²) in [5.74, 6) is 0.371. The highest BCUT2D eigenvalue weighted by atomic mass is 16.5. The number of aryl methyl sites for hydroxylation is 3. The zero-order valence-electron chi connectivity index (χ0n) is 20.3. The van der Waals surface area contributed by atoms with Gasteiger partial charge >= 0.3 is 0 Å². The topological polar surface area (TPSA) is 67.9 Å². The van der Waals surface area contributed by atoms with Crippen molar-refractivity contribution in [2.24, 2.45) is 0 Å². The molecule has 4 rings (SSSR count). The van der Waals surface area contributed by atoms with Gasteiger partial charge in [0.05, 0.1) is 25.5 Å². The van der Waals surface area contributed by atoms with E-state index in [4.69, 9.17) is 9.47 Å². The summed E-state index contributed by atoms with van der Waals surface area (Å²) in [6.45, 7) is 7.82. The first-order valence-corrected chi connectivity index (χ1v) is 11.0. The van der Waals surface area contributed by atoms with Crippen molar-refractivity contribution < 1.29 is 19.1 Å². The summed E-state index contributed by atoms with van der Waals surface area (Å²) in [7, 11) is 3.12. The molecule has 0 aliphatic carbocycles. The van der Waals surface area contributed by atoms with Crippen LogP contribution in [0.1, 0.15) is 27.8 Å². The van der Waals surface area contributed by atoms with E-state index < -0.39 is 5.91 Å². The number of nitrogens with zero attached hydrogens (tertiary/aromatic N) is 1.